The van der Waals surface area contributed by atoms with E-state index in [-0.39, 0.29) is 18.5 Å². The molecule has 0 aliphatic rings. The van der Waals surface area contributed by atoms with Crippen LogP contribution in [0.4, 0.5) is 0 Å². The summed E-state index contributed by atoms with van der Waals surface area (Å²) in [5.41, 5.74) is 0. The van der Waals surface area contributed by atoms with Crippen molar-refractivity contribution >= 4 is 11.9 Å². The fourth-order valence-electron chi connectivity index (χ4n) is 12.3. The average molecular weight is 1160 g/mol. The zero-order valence-corrected chi connectivity index (χ0v) is 56.0. The highest BCUT2D eigenvalue weighted by atomic mass is 16.5. The van der Waals surface area contributed by atoms with Gasteiger partial charge in [-0.3, -0.25) is 9.59 Å². The van der Waals surface area contributed by atoms with Gasteiger partial charge in [-0.15, -0.1) is 0 Å². The molecule has 3 N–H and O–H groups in total. The number of allylic oxidation sites excluding steroid dienone is 2. The topological polar surface area (TPSA) is 95.9 Å². The van der Waals surface area contributed by atoms with E-state index >= 15 is 0 Å². The Kier molecular flexibility index (Phi) is 70.8. The normalized spacial score (nSPS) is 12.5. The van der Waals surface area contributed by atoms with Gasteiger partial charge in [-0.2, -0.15) is 0 Å². The van der Waals surface area contributed by atoms with Crippen molar-refractivity contribution in [3.63, 3.8) is 0 Å². The van der Waals surface area contributed by atoms with E-state index in [1.807, 2.05) is 0 Å². The molecule has 0 fully saturated rings. The fraction of sp³-hybridized carbons (Fsp3) is 0.947. The van der Waals surface area contributed by atoms with Crippen molar-refractivity contribution < 1.29 is 24.5 Å². The Labute approximate surface area is 514 Å². The van der Waals surface area contributed by atoms with Crippen LogP contribution < -0.4 is 5.32 Å². The van der Waals surface area contributed by atoms with Crippen molar-refractivity contribution in [3.8, 4) is 0 Å². The van der Waals surface area contributed by atoms with Gasteiger partial charge in [0.1, 0.15) is 0 Å². The zero-order chi connectivity index (χ0) is 59.2. The average Bonchev–Trinajstić information content (AvgIpc) is 3.48. The highest BCUT2D eigenvalue weighted by Gasteiger charge is 2.20. The second kappa shape index (κ2) is 72.1. The Hall–Kier alpha value is -1.40. The largest absolute Gasteiger partial charge is 0.466 e. The molecule has 0 heterocycles. The van der Waals surface area contributed by atoms with E-state index in [2.05, 4.69) is 31.3 Å². The molecule has 0 aromatic rings. The molecule has 0 aliphatic carbocycles. The van der Waals surface area contributed by atoms with Crippen LogP contribution in [0, 0.1) is 0 Å². The molecular formula is C76H149NO5. The van der Waals surface area contributed by atoms with E-state index in [1.165, 1.54) is 366 Å². The second-order valence-electron chi connectivity index (χ2n) is 26.3. The summed E-state index contributed by atoms with van der Waals surface area (Å²) in [5, 5.41) is 23.4. The number of carbonyl (C=O) groups excluding carboxylic acids is 2. The molecule has 0 rings (SSSR count). The summed E-state index contributed by atoms with van der Waals surface area (Å²) in [7, 11) is 0. The third-order valence-electron chi connectivity index (χ3n) is 18.1. The number of aliphatic hydroxyl groups is 2. The number of amides is 1. The molecule has 2 unspecified atom stereocenters. The molecule has 1 amide bonds. The summed E-state index contributed by atoms with van der Waals surface area (Å²) < 4.78 is 5.50. The molecule has 0 saturated heterocycles. The van der Waals surface area contributed by atoms with E-state index < -0.39 is 12.1 Å². The summed E-state index contributed by atoms with van der Waals surface area (Å²) in [6, 6.07) is -0.538. The van der Waals surface area contributed by atoms with Gasteiger partial charge in [-0.1, -0.05) is 386 Å². The number of hydrogen-bond donors (Lipinski definition) is 3. The Balaban J connectivity index is 3.32. The second-order valence-corrected chi connectivity index (χ2v) is 26.3. The first kappa shape index (κ1) is 80.6. The smallest absolute Gasteiger partial charge is 0.305 e. The lowest BCUT2D eigenvalue weighted by atomic mass is 10.0. The van der Waals surface area contributed by atoms with Gasteiger partial charge in [0.25, 0.3) is 0 Å². The maximum Gasteiger partial charge on any atom is 0.305 e. The van der Waals surface area contributed by atoms with Gasteiger partial charge in [0, 0.05) is 12.8 Å². The van der Waals surface area contributed by atoms with Crippen LogP contribution in [0.2, 0.25) is 0 Å². The summed E-state index contributed by atoms with van der Waals surface area (Å²) in [6.07, 6.45) is 90.1. The van der Waals surface area contributed by atoms with Crippen LogP contribution in [-0.4, -0.2) is 47.4 Å². The quantitative estimate of drug-likeness (QED) is 0.0320. The third-order valence-corrected chi connectivity index (χ3v) is 18.1. The standard InChI is InChI=1S/C76H149NO5/c1-3-5-7-9-11-13-15-17-19-41-44-48-52-56-60-64-68-74(79)73(72-78)77-75(80)69-65-61-57-53-49-45-42-39-37-35-33-31-29-27-25-23-21-20-22-24-26-28-30-32-34-36-38-40-43-47-51-55-59-63-67-71-82-76(81)70-66-62-58-54-50-46-18-16-14-12-10-8-6-4-2/h22,24,73-74,78-79H,3-21,23,25-72H2,1-2H3,(H,77,80)/b24-22-. The first-order valence-corrected chi connectivity index (χ1v) is 37.9. The van der Waals surface area contributed by atoms with Gasteiger partial charge in [-0.25, -0.2) is 0 Å². The van der Waals surface area contributed by atoms with Gasteiger partial charge in [0.15, 0.2) is 0 Å². The molecule has 0 spiro atoms. The molecule has 0 bridgehead atoms. The molecule has 6 nitrogen and oxygen atoms in total. The number of esters is 1. The monoisotopic (exact) mass is 1160 g/mol. The van der Waals surface area contributed by atoms with E-state index in [0.717, 1.165) is 38.5 Å². The van der Waals surface area contributed by atoms with Gasteiger partial charge >= 0.3 is 5.97 Å². The van der Waals surface area contributed by atoms with E-state index in [9.17, 15) is 19.8 Å². The Morgan fingerprint density at radius 3 is 0.866 bits per heavy atom. The van der Waals surface area contributed by atoms with Crippen LogP contribution in [0.25, 0.3) is 0 Å². The molecule has 82 heavy (non-hydrogen) atoms. The van der Waals surface area contributed by atoms with Gasteiger partial charge < -0.3 is 20.3 Å². The van der Waals surface area contributed by atoms with Crippen LogP contribution >= 0.6 is 0 Å². The molecule has 488 valence electrons. The van der Waals surface area contributed by atoms with Gasteiger partial charge in [-0.05, 0) is 51.4 Å². The predicted molar refractivity (Wildman–Crippen MR) is 361 cm³/mol. The zero-order valence-electron chi connectivity index (χ0n) is 56.0. The molecule has 6 heteroatoms. The third kappa shape index (κ3) is 67.7. The van der Waals surface area contributed by atoms with E-state index in [4.69, 9.17) is 4.74 Å². The number of rotatable bonds is 72. The number of nitrogens with one attached hydrogen (secondary N) is 1. The molecule has 0 radical (unpaired) electrons. The lowest BCUT2D eigenvalue weighted by Crippen LogP contribution is -2.45. The predicted octanol–water partition coefficient (Wildman–Crippen LogP) is 24.7. The Bertz CT molecular complexity index is 1240. The first-order chi connectivity index (χ1) is 40.5. The summed E-state index contributed by atoms with van der Waals surface area (Å²) in [6.45, 7) is 5.00. The van der Waals surface area contributed by atoms with Crippen LogP contribution in [0.1, 0.15) is 438 Å². The maximum absolute atomic E-state index is 12.5. The Morgan fingerprint density at radius 2 is 0.573 bits per heavy atom. The molecule has 2 atom stereocenters. The highest BCUT2D eigenvalue weighted by molar-refractivity contribution is 5.76. The maximum atomic E-state index is 12.5. The lowest BCUT2D eigenvalue weighted by molar-refractivity contribution is -0.143. The number of ether oxygens (including phenoxy) is 1. The van der Waals surface area contributed by atoms with Gasteiger partial charge in [0.05, 0.1) is 25.4 Å². The van der Waals surface area contributed by atoms with Gasteiger partial charge in [0.2, 0.25) is 5.91 Å². The SMILES string of the molecule is CCCCCCCCCCCCCCCCCCC(O)C(CO)NC(=O)CCCCCCCCCCCCCCCCCCC/C=C\CCCCCCCCCCCCCCCCOC(=O)CCCCCCCCCCCCCCCC. The number of carbonyl (C=O) groups is 2. The van der Waals surface area contributed by atoms with Crippen LogP contribution in [0.5, 0.6) is 0 Å². The fourth-order valence-corrected chi connectivity index (χ4v) is 12.3. The lowest BCUT2D eigenvalue weighted by Gasteiger charge is -2.22. The molecule has 0 aromatic carbocycles. The molecule has 0 aromatic heterocycles. The van der Waals surface area contributed by atoms with E-state index in [0.29, 0.717) is 25.9 Å². The van der Waals surface area contributed by atoms with Crippen molar-refractivity contribution in [1.82, 2.24) is 5.32 Å². The first-order valence-electron chi connectivity index (χ1n) is 37.9. The van der Waals surface area contributed by atoms with Crippen molar-refractivity contribution in [2.45, 2.75) is 450 Å². The Morgan fingerprint density at radius 1 is 0.329 bits per heavy atom. The van der Waals surface area contributed by atoms with Crippen LogP contribution in [0.15, 0.2) is 12.2 Å². The summed E-state index contributed by atoms with van der Waals surface area (Å²) in [4.78, 5) is 24.6. The van der Waals surface area contributed by atoms with Crippen LogP contribution in [-0.2, 0) is 14.3 Å². The minimum absolute atomic E-state index is 0.0235. The minimum atomic E-state index is -0.661. The highest BCUT2D eigenvalue weighted by Crippen LogP contribution is 2.20. The molecular weight excluding hydrogens is 1010 g/mol. The van der Waals surface area contributed by atoms with Crippen molar-refractivity contribution in [3.05, 3.63) is 12.2 Å². The number of unbranched alkanes of at least 4 members (excludes halogenated alkanes) is 59. The summed E-state index contributed by atoms with van der Waals surface area (Å²) in [5.74, 6) is -0.00380. The van der Waals surface area contributed by atoms with Crippen LogP contribution in [0.3, 0.4) is 0 Å². The van der Waals surface area contributed by atoms with Crippen molar-refractivity contribution in [2.24, 2.45) is 0 Å². The molecule has 0 aliphatic heterocycles. The minimum Gasteiger partial charge on any atom is -0.466 e. The van der Waals surface area contributed by atoms with Crippen molar-refractivity contribution in [2.75, 3.05) is 13.2 Å². The van der Waals surface area contributed by atoms with E-state index in [1.54, 1.807) is 0 Å². The number of hydrogen-bond acceptors (Lipinski definition) is 5. The van der Waals surface area contributed by atoms with Crippen molar-refractivity contribution in [1.29, 1.82) is 0 Å². The number of aliphatic hydroxyl groups excluding tert-OH is 2. The molecule has 0 saturated carbocycles. The summed E-state index contributed by atoms with van der Waals surface area (Å²) >= 11 is 0.